The van der Waals surface area contributed by atoms with E-state index in [2.05, 4.69) is 4.98 Å². The van der Waals surface area contributed by atoms with Crippen LogP contribution >= 0.6 is 11.6 Å². The highest BCUT2D eigenvalue weighted by Gasteiger charge is 2.24. The average molecular weight is 214 g/mol. The number of pyridine rings is 1. The molecule has 0 bridgehead atoms. The minimum atomic E-state index is -0.815. The van der Waals surface area contributed by atoms with Crippen molar-refractivity contribution in [2.75, 3.05) is 0 Å². The Balaban J connectivity index is 2.91. The van der Waals surface area contributed by atoms with E-state index in [1.165, 1.54) is 0 Å². The maximum absolute atomic E-state index is 10.6. The lowest BCUT2D eigenvalue weighted by atomic mass is 9.83. The molecule has 1 N–H and O–H groups in total. The number of halogens is 1. The maximum atomic E-state index is 10.6. The molecule has 14 heavy (non-hydrogen) atoms. The molecule has 1 aromatic heterocycles. The molecule has 0 aliphatic carbocycles. The van der Waals surface area contributed by atoms with E-state index in [1.807, 2.05) is 13.8 Å². The van der Waals surface area contributed by atoms with Crippen molar-refractivity contribution < 1.29 is 9.90 Å². The molecule has 0 saturated heterocycles. The van der Waals surface area contributed by atoms with Crippen LogP contribution in [0.3, 0.4) is 0 Å². The van der Waals surface area contributed by atoms with Crippen molar-refractivity contribution in [1.82, 2.24) is 4.98 Å². The summed E-state index contributed by atoms with van der Waals surface area (Å²) in [5.41, 5.74) is 0.466. The van der Waals surface area contributed by atoms with Crippen molar-refractivity contribution in [2.24, 2.45) is 0 Å². The number of hydrogen-bond acceptors (Lipinski definition) is 2. The minimum absolute atomic E-state index is 0.0797. The number of carboxylic acids is 1. The van der Waals surface area contributed by atoms with Gasteiger partial charge in [-0.15, -0.1) is 0 Å². The Bertz CT molecular complexity index is 332. The lowest BCUT2D eigenvalue weighted by molar-refractivity contribution is -0.138. The van der Waals surface area contributed by atoms with Crippen LogP contribution in [0.2, 0.25) is 5.15 Å². The maximum Gasteiger partial charge on any atom is 0.304 e. The second-order valence-electron chi connectivity index (χ2n) is 3.82. The van der Waals surface area contributed by atoms with Gasteiger partial charge in [-0.2, -0.15) is 0 Å². The standard InChI is InChI=1S/C10H12ClNO2/c1-10(2,5-9(13)14)7-3-4-8(11)12-6-7/h3-4,6H,5H2,1-2H3,(H,13,14). The minimum Gasteiger partial charge on any atom is -0.481 e. The first kappa shape index (κ1) is 11.0. The molecule has 0 radical (unpaired) electrons. The van der Waals surface area contributed by atoms with Gasteiger partial charge in [0, 0.05) is 11.6 Å². The molecule has 0 aliphatic rings. The van der Waals surface area contributed by atoms with Crippen LogP contribution in [0.5, 0.6) is 0 Å². The first-order chi connectivity index (χ1) is 6.42. The topological polar surface area (TPSA) is 50.2 Å². The van der Waals surface area contributed by atoms with Gasteiger partial charge in [-0.3, -0.25) is 4.79 Å². The highest BCUT2D eigenvalue weighted by molar-refractivity contribution is 6.29. The van der Waals surface area contributed by atoms with Gasteiger partial charge in [-0.1, -0.05) is 31.5 Å². The third-order valence-electron chi connectivity index (χ3n) is 2.10. The molecule has 3 nitrogen and oxygen atoms in total. The Morgan fingerprint density at radius 2 is 2.21 bits per heavy atom. The van der Waals surface area contributed by atoms with Gasteiger partial charge >= 0.3 is 5.97 Å². The number of carboxylic acid groups (broad SMARTS) is 1. The van der Waals surface area contributed by atoms with E-state index in [4.69, 9.17) is 16.7 Å². The fourth-order valence-corrected chi connectivity index (χ4v) is 1.37. The largest absolute Gasteiger partial charge is 0.481 e. The van der Waals surface area contributed by atoms with Crippen LogP contribution in [0.4, 0.5) is 0 Å². The zero-order chi connectivity index (χ0) is 10.8. The van der Waals surface area contributed by atoms with E-state index in [0.717, 1.165) is 5.56 Å². The SMILES string of the molecule is CC(C)(CC(=O)O)c1ccc(Cl)nc1. The zero-order valence-corrected chi connectivity index (χ0v) is 8.88. The Hall–Kier alpha value is -1.09. The zero-order valence-electron chi connectivity index (χ0n) is 8.12. The number of hydrogen-bond donors (Lipinski definition) is 1. The first-order valence-electron chi connectivity index (χ1n) is 4.25. The second kappa shape index (κ2) is 3.96. The molecule has 1 rings (SSSR count). The Morgan fingerprint density at radius 3 is 2.64 bits per heavy atom. The van der Waals surface area contributed by atoms with Crippen LogP contribution in [0.1, 0.15) is 25.8 Å². The normalized spacial score (nSPS) is 11.4. The molecular weight excluding hydrogens is 202 g/mol. The molecule has 0 saturated carbocycles. The molecular formula is C10H12ClNO2. The second-order valence-corrected chi connectivity index (χ2v) is 4.21. The lowest BCUT2D eigenvalue weighted by Crippen LogP contribution is -2.21. The summed E-state index contributed by atoms with van der Waals surface area (Å²) in [6.45, 7) is 3.73. The van der Waals surface area contributed by atoms with Crippen LogP contribution in [0.25, 0.3) is 0 Å². The lowest BCUT2D eigenvalue weighted by Gasteiger charge is -2.22. The summed E-state index contributed by atoms with van der Waals surface area (Å²) in [6.07, 6.45) is 1.70. The monoisotopic (exact) mass is 213 g/mol. The van der Waals surface area contributed by atoms with Gasteiger partial charge in [-0.25, -0.2) is 4.98 Å². The Morgan fingerprint density at radius 1 is 1.57 bits per heavy atom. The predicted molar refractivity (Wildman–Crippen MR) is 54.5 cm³/mol. The molecule has 0 aromatic carbocycles. The fourth-order valence-electron chi connectivity index (χ4n) is 1.26. The van der Waals surface area contributed by atoms with E-state index in [9.17, 15) is 4.79 Å². The van der Waals surface area contributed by atoms with E-state index in [1.54, 1.807) is 18.3 Å². The van der Waals surface area contributed by atoms with Crippen LogP contribution in [0.15, 0.2) is 18.3 Å². The van der Waals surface area contributed by atoms with Gasteiger partial charge < -0.3 is 5.11 Å². The molecule has 76 valence electrons. The molecule has 1 heterocycles. The molecule has 0 unspecified atom stereocenters. The van der Waals surface area contributed by atoms with Gasteiger partial charge in [0.15, 0.2) is 0 Å². The van der Waals surface area contributed by atoms with Crippen molar-refractivity contribution in [1.29, 1.82) is 0 Å². The number of aromatic nitrogens is 1. The summed E-state index contributed by atoms with van der Waals surface area (Å²) >= 11 is 5.64. The van der Waals surface area contributed by atoms with Crippen molar-refractivity contribution >= 4 is 17.6 Å². The summed E-state index contributed by atoms with van der Waals surface area (Å²) in [7, 11) is 0. The number of aliphatic carboxylic acids is 1. The van der Waals surface area contributed by atoms with Gasteiger partial charge in [0.2, 0.25) is 0 Å². The van der Waals surface area contributed by atoms with E-state index >= 15 is 0 Å². The summed E-state index contributed by atoms with van der Waals surface area (Å²) in [5, 5.41) is 9.14. The van der Waals surface area contributed by atoms with Crippen molar-refractivity contribution in [3.05, 3.63) is 29.0 Å². The quantitative estimate of drug-likeness (QED) is 0.785. The summed E-state index contributed by atoms with van der Waals surface area (Å²) in [4.78, 5) is 14.5. The van der Waals surface area contributed by atoms with Crippen LogP contribution in [-0.2, 0) is 10.2 Å². The van der Waals surface area contributed by atoms with E-state index in [0.29, 0.717) is 5.15 Å². The van der Waals surface area contributed by atoms with Crippen molar-refractivity contribution in [3.63, 3.8) is 0 Å². The fraction of sp³-hybridized carbons (Fsp3) is 0.400. The first-order valence-corrected chi connectivity index (χ1v) is 4.63. The molecule has 1 aromatic rings. The van der Waals surface area contributed by atoms with Crippen molar-refractivity contribution in [2.45, 2.75) is 25.7 Å². The van der Waals surface area contributed by atoms with Gasteiger partial charge in [0.25, 0.3) is 0 Å². The van der Waals surface area contributed by atoms with Crippen LogP contribution in [0, 0.1) is 0 Å². The highest BCUT2D eigenvalue weighted by Crippen LogP contribution is 2.26. The average Bonchev–Trinajstić information content (AvgIpc) is 2.02. The Labute approximate surface area is 87.7 Å². The third-order valence-corrected chi connectivity index (χ3v) is 2.33. The van der Waals surface area contributed by atoms with E-state index in [-0.39, 0.29) is 6.42 Å². The van der Waals surface area contributed by atoms with Gasteiger partial charge in [0.1, 0.15) is 5.15 Å². The molecule has 0 spiro atoms. The van der Waals surface area contributed by atoms with Crippen molar-refractivity contribution in [3.8, 4) is 0 Å². The Kier molecular flexibility index (Phi) is 3.11. The van der Waals surface area contributed by atoms with E-state index < -0.39 is 11.4 Å². The molecule has 0 atom stereocenters. The molecule has 0 amide bonds. The highest BCUT2D eigenvalue weighted by atomic mass is 35.5. The third kappa shape index (κ3) is 2.70. The predicted octanol–water partition coefficient (Wildman–Crippen LogP) is 2.49. The summed E-state index contributed by atoms with van der Waals surface area (Å²) in [6, 6.07) is 3.47. The molecule has 0 aliphatic heterocycles. The van der Waals surface area contributed by atoms with Crippen LogP contribution < -0.4 is 0 Å². The number of carbonyl (C=O) groups is 1. The molecule has 4 heteroatoms. The number of nitrogens with zero attached hydrogens (tertiary/aromatic N) is 1. The van der Waals surface area contributed by atoms with Crippen LogP contribution in [-0.4, -0.2) is 16.1 Å². The molecule has 0 fully saturated rings. The number of rotatable bonds is 3. The van der Waals surface area contributed by atoms with Gasteiger partial charge in [-0.05, 0) is 11.6 Å². The van der Waals surface area contributed by atoms with Gasteiger partial charge in [0.05, 0.1) is 6.42 Å². The summed E-state index contributed by atoms with van der Waals surface area (Å²) in [5.74, 6) is -0.815. The summed E-state index contributed by atoms with van der Waals surface area (Å²) < 4.78 is 0. The smallest absolute Gasteiger partial charge is 0.304 e.